The zero-order chi connectivity index (χ0) is 15.9. The lowest BCUT2D eigenvalue weighted by molar-refractivity contribution is 0.474. The van der Waals surface area contributed by atoms with Gasteiger partial charge in [0.15, 0.2) is 16.8 Å². The number of halogens is 2. The molecule has 3 rings (SSSR count). The fourth-order valence-corrected chi connectivity index (χ4v) is 4.41. The van der Waals surface area contributed by atoms with E-state index in [9.17, 15) is 8.78 Å². The van der Waals surface area contributed by atoms with Crippen LogP contribution in [0.1, 0.15) is 39.3 Å². The summed E-state index contributed by atoms with van der Waals surface area (Å²) in [7, 11) is 0. The molecule has 1 aliphatic heterocycles. The second-order valence-corrected chi connectivity index (χ2v) is 6.92. The number of nitrogen functional groups attached to an aromatic ring is 1. The Morgan fingerprint density at radius 2 is 1.86 bits per heavy atom. The Hall–Kier alpha value is -1.30. The molecule has 1 saturated carbocycles. The van der Waals surface area contributed by atoms with Gasteiger partial charge < -0.3 is 11.5 Å². The van der Waals surface area contributed by atoms with Gasteiger partial charge in [-0.05, 0) is 25.0 Å². The van der Waals surface area contributed by atoms with Crippen molar-refractivity contribution in [3.8, 4) is 0 Å². The van der Waals surface area contributed by atoms with E-state index in [-0.39, 0.29) is 21.9 Å². The normalized spacial score (nSPS) is 33.4. The quantitative estimate of drug-likeness (QED) is 0.777. The summed E-state index contributed by atoms with van der Waals surface area (Å²) in [6.45, 7) is 8.17. The Balaban J connectivity index is 0.000000774. The number of fused-ring (bicyclic) bond motifs is 1. The predicted octanol–water partition coefficient (Wildman–Crippen LogP) is 3.70. The average Bonchev–Trinajstić information content (AvgIpc) is 2.97. The van der Waals surface area contributed by atoms with E-state index in [0.29, 0.717) is 11.1 Å². The highest BCUT2D eigenvalue weighted by molar-refractivity contribution is 8.15. The number of aliphatic imine (C=N–C) groups is 1. The molecule has 3 nitrogen and oxygen atoms in total. The van der Waals surface area contributed by atoms with Gasteiger partial charge in [-0.2, -0.15) is 0 Å². The summed E-state index contributed by atoms with van der Waals surface area (Å²) in [4.78, 5) is 4.31. The van der Waals surface area contributed by atoms with E-state index in [1.165, 1.54) is 17.8 Å². The third kappa shape index (κ3) is 2.50. The number of rotatable bonds is 1. The molecule has 0 radical (unpaired) electrons. The van der Waals surface area contributed by atoms with Gasteiger partial charge in [-0.1, -0.05) is 32.5 Å². The van der Waals surface area contributed by atoms with Crippen LogP contribution in [0.5, 0.6) is 0 Å². The smallest absolute Gasteiger partial charge is 0.164 e. The molecule has 0 bridgehead atoms. The minimum absolute atomic E-state index is 0.0377. The van der Waals surface area contributed by atoms with E-state index in [1.54, 1.807) is 0 Å². The van der Waals surface area contributed by atoms with Gasteiger partial charge in [-0.3, -0.25) is 4.99 Å². The van der Waals surface area contributed by atoms with E-state index in [1.807, 2.05) is 13.8 Å². The first-order chi connectivity index (χ1) is 9.84. The highest BCUT2D eigenvalue weighted by Gasteiger charge is 2.65. The van der Waals surface area contributed by atoms with Gasteiger partial charge in [0.25, 0.3) is 0 Å². The molecule has 6 heteroatoms. The lowest BCUT2D eigenvalue weighted by Gasteiger charge is -2.23. The first-order valence-electron chi connectivity index (χ1n) is 7.11. The van der Waals surface area contributed by atoms with Crippen LogP contribution < -0.4 is 11.5 Å². The van der Waals surface area contributed by atoms with Crippen molar-refractivity contribution in [2.24, 2.45) is 22.6 Å². The second kappa shape index (κ2) is 5.48. The molecule has 21 heavy (non-hydrogen) atoms. The number of anilines is 1. The van der Waals surface area contributed by atoms with Crippen LogP contribution >= 0.6 is 11.8 Å². The maximum absolute atomic E-state index is 14.0. The molecule has 1 fully saturated rings. The lowest BCUT2D eigenvalue weighted by Crippen LogP contribution is -2.23. The fourth-order valence-electron chi connectivity index (χ4n) is 3.06. The van der Waals surface area contributed by atoms with E-state index in [2.05, 4.69) is 18.8 Å². The summed E-state index contributed by atoms with van der Waals surface area (Å²) < 4.78 is 27.4. The molecule has 2 aliphatic rings. The molecule has 0 aromatic heterocycles. The average molecular weight is 313 g/mol. The van der Waals surface area contributed by atoms with Crippen LogP contribution in [-0.4, -0.2) is 9.91 Å². The summed E-state index contributed by atoms with van der Waals surface area (Å²) in [5, 5.41) is 0.426. The van der Waals surface area contributed by atoms with Crippen molar-refractivity contribution < 1.29 is 8.78 Å². The van der Waals surface area contributed by atoms with Crippen LogP contribution in [0.25, 0.3) is 0 Å². The van der Waals surface area contributed by atoms with E-state index in [4.69, 9.17) is 11.5 Å². The Morgan fingerprint density at radius 1 is 1.24 bits per heavy atom. The number of benzene rings is 1. The zero-order valence-electron chi connectivity index (χ0n) is 12.7. The van der Waals surface area contributed by atoms with E-state index in [0.717, 1.165) is 6.07 Å². The summed E-state index contributed by atoms with van der Waals surface area (Å²) in [6, 6.07) is 2.00. The van der Waals surface area contributed by atoms with E-state index < -0.39 is 17.7 Å². The monoisotopic (exact) mass is 313 g/mol. The molecular formula is C15H21F2N3S. The highest BCUT2D eigenvalue weighted by atomic mass is 32.2. The molecule has 116 valence electrons. The van der Waals surface area contributed by atoms with Gasteiger partial charge in [0.1, 0.15) is 0 Å². The molecule has 0 saturated heterocycles. The van der Waals surface area contributed by atoms with Crippen molar-refractivity contribution in [3.63, 3.8) is 0 Å². The maximum Gasteiger partial charge on any atom is 0.164 e. The van der Waals surface area contributed by atoms with Crippen molar-refractivity contribution in [3.05, 3.63) is 29.3 Å². The number of nitrogens with two attached hydrogens (primary N) is 2. The lowest BCUT2D eigenvalue weighted by atomic mass is 9.99. The Morgan fingerprint density at radius 3 is 2.48 bits per heavy atom. The van der Waals surface area contributed by atoms with Crippen molar-refractivity contribution in [2.45, 2.75) is 38.5 Å². The molecule has 1 aromatic rings. The standard InChI is InChI=1S/C13H15F2N3S.C2H6/c1-5-9-11(18-12(17)19-13(5,9)2)7-3-6(16)4-8(14)10(7)15;1-2/h3-5,9,11H,16H2,1-2H3,(H2,17,18);1-2H3/t5-,9?,11?,13-;/m0./s1. The fraction of sp³-hybridized carbons (Fsp3) is 0.533. The number of thioether (sulfide) groups is 1. The van der Waals surface area contributed by atoms with Crippen LogP contribution in [0.15, 0.2) is 17.1 Å². The molecule has 0 amide bonds. The molecule has 1 aliphatic carbocycles. The number of nitrogens with zero attached hydrogens (tertiary/aromatic N) is 1. The topological polar surface area (TPSA) is 64.4 Å². The Labute approximate surface area is 128 Å². The minimum Gasteiger partial charge on any atom is -0.399 e. The van der Waals surface area contributed by atoms with Gasteiger partial charge in [0.05, 0.1) is 6.04 Å². The second-order valence-electron chi connectivity index (χ2n) is 5.42. The molecule has 0 spiro atoms. The van der Waals surface area contributed by atoms with Crippen molar-refractivity contribution in [1.82, 2.24) is 0 Å². The van der Waals surface area contributed by atoms with Crippen LogP contribution in [0.3, 0.4) is 0 Å². The van der Waals surface area contributed by atoms with Gasteiger partial charge in [-0.25, -0.2) is 8.78 Å². The molecule has 2 unspecified atom stereocenters. The van der Waals surface area contributed by atoms with Crippen LogP contribution in [-0.2, 0) is 0 Å². The van der Waals surface area contributed by atoms with Gasteiger partial charge in [0, 0.05) is 21.9 Å². The summed E-state index contributed by atoms with van der Waals surface area (Å²) in [5.74, 6) is -1.28. The number of hydrogen-bond donors (Lipinski definition) is 2. The minimum atomic E-state index is -0.933. The van der Waals surface area contributed by atoms with Gasteiger partial charge >= 0.3 is 0 Å². The number of amidine groups is 1. The molecule has 4 atom stereocenters. The Bertz CT molecular complexity index is 591. The van der Waals surface area contributed by atoms with Crippen LogP contribution in [0.2, 0.25) is 0 Å². The van der Waals surface area contributed by atoms with E-state index >= 15 is 0 Å². The molecule has 1 aromatic carbocycles. The molecule has 1 heterocycles. The summed E-state index contributed by atoms with van der Waals surface area (Å²) >= 11 is 1.52. The highest BCUT2D eigenvalue weighted by Crippen LogP contribution is 2.67. The third-order valence-electron chi connectivity index (χ3n) is 4.32. The zero-order valence-corrected chi connectivity index (χ0v) is 13.5. The van der Waals surface area contributed by atoms with Crippen molar-refractivity contribution in [2.75, 3.05) is 5.73 Å². The summed E-state index contributed by atoms with van der Waals surface area (Å²) in [5.41, 5.74) is 11.8. The molecule has 4 N–H and O–H groups in total. The first kappa shape index (κ1) is 16.1. The maximum atomic E-state index is 14.0. The SMILES string of the molecule is CC.C[C@H]1C2C(c3cc(N)cc(F)c3F)N=C(N)S[C@]21C. The summed E-state index contributed by atoms with van der Waals surface area (Å²) in [6.07, 6.45) is 0. The largest absolute Gasteiger partial charge is 0.399 e. The molecular weight excluding hydrogens is 292 g/mol. The Kier molecular flexibility index (Phi) is 4.19. The van der Waals surface area contributed by atoms with Crippen LogP contribution in [0, 0.1) is 23.5 Å². The van der Waals surface area contributed by atoms with Crippen LogP contribution in [0.4, 0.5) is 14.5 Å². The first-order valence-corrected chi connectivity index (χ1v) is 7.93. The number of hydrogen-bond acceptors (Lipinski definition) is 4. The van der Waals surface area contributed by atoms with Gasteiger partial charge in [-0.15, -0.1) is 0 Å². The van der Waals surface area contributed by atoms with Gasteiger partial charge in [0.2, 0.25) is 0 Å². The predicted molar refractivity (Wildman–Crippen MR) is 85.1 cm³/mol. The third-order valence-corrected chi connectivity index (χ3v) is 5.72. The van der Waals surface area contributed by atoms with Crippen molar-refractivity contribution >= 4 is 22.6 Å². The van der Waals surface area contributed by atoms with Crippen molar-refractivity contribution in [1.29, 1.82) is 0 Å².